The van der Waals surface area contributed by atoms with Crippen molar-refractivity contribution in [1.82, 2.24) is 0 Å². The molecule has 9 heteroatoms. The van der Waals surface area contributed by atoms with E-state index in [2.05, 4.69) is 127 Å². The van der Waals surface area contributed by atoms with Gasteiger partial charge in [0.25, 0.3) is 0 Å². The highest BCUT2D eigenvalue weighted by Gasteiger charge is 2.28. The molecule has 0 amide bonds. The fourth-order valence-corrected chi connectivity index (χ4v) is 6.02. The van der Waals surface area contributed by atoms with E-state index in [4.69, 9.17) is 18.9 Å². The first-order valence-corrected chi connectivity index (χ1v) is 23.5. The van der Waals surface area contributed by atoms with Crippen LogP contribution < -0.4 is 18.9 Å². The summed E-state index contributed by atoms with van der Waals surface area (Å²) in [6.45, 7) is 16.1. The lowest BCUT2D eigenvalue weighted by Crippen LogP contribution is -2.23. The molecule has 5 rings (SSSR count). The third kappa shape index (κ3) is 12.4. The van der Waals surface area contributed by atoms with Crippen LogP contribution in [0.1, 0.15) is 88.8 Å². The van der Waals surface area contributed by atoms with Crippen molar-refractivity contribution in [2.45, 2.75) is 71.6 Å². The molecular weight excluding hydrogens is 1020 g/mol. The minimum Gasteiger partial charge on any atom is -0.497 e. The first kappa shape index (κ1) is 47.0. The zero-order valence-corrected chi connectivity index (χ0v) is 39.3. The van der Waals surface area contributed by atoms with E-state index < -0.39 is 0 Å². The molecule has 288 valence electrons. The van der Waals surface area contributed by atoms with E-state index in [1.165, 1.54) is 36.1 Å². The van der Waals surface area contributed by atoms with Gasteiger partial charge in [-0.3, -0.25) is 9.59 Å². The summed E-state index contributed by atoms with van der Waals surface area (Å²) in [5.74, 6) is 2.22. The van der Waals surface area contributed by atoms with E-state index in [0.717, 1.165) is 22.6 Å². The topological polar surface area (TPSA) is 71.1 Å². The second kappa shape index (κ2) is 21.2. The van der Waals surface area contributed by atoms with Crippen molar-refractivity contribution in [2.75, 3.05) is 14.2 Å². The highest BCUT2D eigenvalue weighted by molar-refractivity contribution is 15.0. The van der Waals surface area contributed by atoms with Gasteiger partial charge in [-0.1, -0.05) is 114 Å². The number of hydrogen-bond acceptors (Lipinski definition) is 6. The lowest BCUT2D eigenvalue weighted by molar-refractivity contribution is -0.132. The Morgan fingerprint density at radius 2 is 0.667 bits per heavy atom. The Balaban J connectivity index is 0.000000370. The lowest BCUT2D eigenvalue weighted by atomic mass is 9.73. The maximum absolute atomic E-state index is 11.2. The van der Waals surface area contributed by atoms with E-state index in [-0.39, 0.29) is 52.2 Å². The van der Waals surface area contributed by atoms with E-state index in [9.17, 15) is 9.59 Å². The normalized spacial score (nSPS) is 11.0. The Morgan fingerprint density at radius 1 is 0.426 bits per heavy atom. The molecule has 0 bridgehead atoms. The van der Waals surface area contributed by atoms with Crippen molar-refractivity contribution >= 4 is 73.1 Å². The molecule has 0 aliphatic rings. The third-order valence-corrected chi connectivity index (χ3v) is 9.60. The van der Waals surface area contributed by atoms with Gasteiger partial charge < -0.3 is 18.9 Å². The van der Waals surface area contributed by atoms with Crippen LogP contribution in [0, 0.1) is 0 Å². The second-order valence-electron chi connectivity index (χ2n) is 14.1. The molecule has 5 aromatic rings. The minimum absolute atomic E-state index is 0. The fraction of sp³-hybridized carbons (Fsp3) is 0.289. The maximum Gasteiger partial charge on any atom is 0.308 e. The van der Waals surface area contributed by atoms with Crippen LogP contribution in [0.3, 0.4) is 0 Å². The van der Waals surface area contributed by atoms with Gasteiger partial charge in [0.1, 0.15) is 23.0 Å². The predicted molar refractivity (Wildman–Crippen MR) is 248 cm³/mol. The monoisotopic (exact) mass is 1070 g/mol. The van der Waals surface area contributed by atoms with Gasteiger partial charge in [-0.2, -0.15) is 0 Å². The van der Waals surface area contributed by atoms with Crippen LogP contribution in [0.2, 0.25) is 0 Å². The van der Waals surface area contributed by atoms with Crippen LogP contribution in [0.25, 0.3) is 0 Å². The highest BCUT2D eigenvalue weighted by Crippen LogP contribution is 2.38. The Hall–Kier alpha value is -3.17. The smallest absolute Gasteiger partial charge is 0.308 e. The molecule has 0 N–H and O–H groups in total. The van der Waals surface area contributed by atoms with Crippen molar-refractivity contribution in [3.05, 3.63) is 155 Å². The van der Waals surface area contributed by atoms with E-state index >= 15 is 0 Å². The molecular formula is C45H51I3O6. The summed E-state index contributed by atoms with van der Waals surface area (Å²) in [6.07, 6.45) is 0. The fourth-order valence-electron chi connectivity index (χ4n) is 6.02. The molecule has 0 aliphatic heterocycles. The number of esters is 2. The number of ether oxygens (including phenoxy) is 4. The minimum atomic E-state index is -0.310. The molecule has 0 atom stereocenters. The molecule has 0 fully saturated rings. The molecule has 0 heterocycles. The van der Waals surface area contributed by atoms with Gasteiger partial charge in [-0.25, -0.2) is 0 Å². The standard InChI is InChI=1S/C27H30O3.C18H20O3.I2.HI/c1-19(28)30-25-16-12-21(13-17-25)27(4,5)23-9-7-8-22(18-23)26(2,3)20-10-14-24(29-6)15-11-20;1-13(19)21-17-11-7-15(8-12-17)18(2,3)14-5-9-16(20-4)10-6-14;1-2;/h7-18H,1-6H3;5-12H,1-4H3;;1H. The number of hydrogen-bond donors (Lipinski definition) is 0. The number of rotatable bonds is 10. The second-order valence-corrected chi connectivity index (χ2v) is 14.1. The summed E-state index contributed by atoms with van der Waals surface area (Å²) in [6, 6.07) is 40.5. The summed E-state index contributed by atoms with van der Waals surface area (Å²) < 4.78 is 20.7. The summed E-state index contributed by atoms with van der Waals surface area (Å²) >= 11 is 4.24. The Bertz CT molecular complexity index is 1920. The molecule has 0 radical (unpaired) electrons. The zero-order chi connectivity index (χ0) is 39.4. The lowest BCUT2D eigenvalue weighted by Gasteiger charge is -2.31. The van der Waals surface area contributed by atoms with E-state index in [1.807, 2.05) is 72.8 Å². The predicted octanol–water partition coefficient (Wildman–Crippen LogP) is 12.6. The molecule has 0 unspecified atom stereocenters. The van der Waals surface area contributed by atoms with Gasteiger partial charge in [0.05, 0.1) is 14.2 Å². The zero-order valence-electron chi connectivity index (χ0n) is 32.7. The molecule has 54 heavy (non-hydrogen) atoms. The van der Waals surface area contributed by atoms with Crippen LogP contribution in [-0.2, 0) is 25.8 Å². The van der Waals surface area contributed by atoms with Crippen molar-refractivity contribution in [2.24, 2.45) is 0 Å². The molecule has 0 saturated heterocycles. The Labute approximate surface area is 362 Å². The first-order chi connectivity index (χ1) is 25.1. The van der Waals surface area contributed by atoms with Gasteiger partial charge >= 0.3 is 11.9 Å². The highest BCUT2D eigenvalue weighted by atomic mass is 128. The number of carbonyl (C=O) groups excluding carboxylic acids is 2. The Morgan fingerprint density at radius 3 is 0.907 bits per heavy atom. The molecule has 0 spiro atoms. The quantitative estimate of drug-likeness (QED) is 0.0788. The van der Waals surface area contributed by atoms with Gasteiger partial charge in [0.2, 0.25) is 0 Å². The van der Waals surface area contributed by atoms with Crippen molar-refractivity contribution in [3.63, 3.8) is 0 Å². The van der Waals surface area contributed by atoms with Crippen molar-refractivity contribution < 1.29 is 28.5 Å². The van der Waals surface area contributed by atoms with Crippen molar-refractivity contribution in [1.29, 1.82) is 0 Å². The molecule has 5 aromatic carbocycles. The number of carbonyl (C=O) groups is 2. The number of methoxy groups -OCH3 is 2. The van der Waals surface area contributed by atoms with Crippen molar-refractivity contribution in [3.8, 4) is 23.0 Å². The summed E-state index contributed by atoms with van der Waals surface area (Å²) in [7, 11) is 3.35. The summed E-state index contributed by atoms with van der Waals surface area (Å²) in [5.41, 5.74) is 6.78. The molecule has 0 saturated carbocycles. The summed E-state index contributed by atoms with van der Waals surface area (Å²) in [4.78, 5) is 22.1. The van der Waals surface area contributed by atoms with E-state index in [0.29, 0.717) is 11.5 Å². The Kier molecular flexibility index (Phi) is 18.5. The van der Waals surface area contributed by atoms with E-state index in [1.54, 1.807) is 14.2 Å². The SMILES string of the molecule is COc1ccc(C(C)(C)c2ccc(OC(C)=O)cc2)cc1.COc1ccc(C(C)(C)c2cccc(C(C)(C)c3ccc(OC(C)=O)cc3)c2)cc1.I.II. The van der Waals surface area contributed by atoms with Crippen LogP contribution >= 0.6 is 61.2 Å². The molecule has 6 nitrogen and oxygen atoms in total. The number of benzene rings is 5. The third-order valence-electron chi connectivity index (χ3n) is 9.60. The van der Waals surface area contributed by atoms with Gasteiger partial charge in [0, 0.05) is 67.3 Å². The van der Waals surface area contributed by atoms with Gasteiger partial charge in [0.15, 0.2) is 0 Å². The van der Waals surface area contributed by atoms with Gasteiger partial charge in [-0.05, 0) is 81.9 Å². The maximum atomic E-state index is 11.2. The first-order valence-electron chi connectivity index (χ1n) is 17.2. The average molecular weight is 1070 g/mol. The van der Waals surface area contributed by atoms with Gasteiger partial charge in [-0.15, -0.1) is 24.0 Å². The largest absolute Gasteiger partial charge is 0.497 e. The molecule has 0 aromatic heterocycles. The number of halogens is 3. The van der Waals surface area contributed by atoms with Crippen LogP contribution in [0.5, 0.6) is 23.0 Å². The molecule has 0 aliphatic carbocycles. The average Bonchev–Trinajstić information content (AvgIpc) is 3.16. The van der Waals surface area contributed by atoms with Crippen LogP contribution in [0.15, 0.2) is 121 Å². The summed E-state index contributed by atoms with van der Waals surface area (Å²) in [5, 5.41) is 0. The van der Waals surface area contributed by atoms with Crippen LogP contribution in [-0.4, -0.2) is 26.2 Å². The van der Waals surface area contributed by atoms with Crippen LogP contribution in [0.4, 0.5) is 0 Å².